The molecule has 0 saturated carbocycles. The van der Waals surface area contributed by atoms with Crippen molar-refractivity contribution in [1.82, 2.24) is 9.47 Å². The Morgan fingerprint density at radius 2 is 1.50 bits per heavy atom. The van der Waals surface area contributed by atoms with Crippen LogP contribution in [-0.4, -0.2) is 52.4 Å². The summed E-state index contributed by atoms with van der Waals surface area (Å²) in [7, 11) is 0. The zero-order valence-electron chi connectivity index (χ0n) is 23.4. The number of anilines is 1. The van der Waals surface area contributed by atoms with Crippen molar-refractivity contribution < 1.29 is 32.3 Å². The predicted molar refractivity (Wildman–Crippen MR) is 156 cm³/mol. The largest absolute Gasteiger partial charge is 0.507 e. The highest BCUT2D eigenvalue weighted by Crippen LogP contribution is 2.21. The second-order valence-electron chi connectivity index (χ2n) is 10.3. The molecule has 11 heteroatoms. The molecule has 0 atom stereocenters. The number of rotatable bonds is 8. The van der Waals surface area contributed by atoms with Gasteiger partial charge in [-0.2, -0.15) is 0 Å². The molecule has 1 aliphatic heterocycles. The summed E-state index contributed by atoms with van der Waals surface area (Å²) in [5, 5.41) is 10.9. The molecule has 1 saturated heterocycles. The second kappa shape index (κ2) is 13.0. The molecule has 4 aromatic rings. The number of hydrogen-bond donors (Lipinski definition) is 1. The first-order chi connectivity index (χ1) is 21.1. The standard InChI is InChI=1S/C33H27F4N3O4/c34-24-16-23(31(37)28(36)17-24)14-21-15-26(32(43)40(19-21)20-22-6-4-5-9-27(22)35)29(41)18-30(42)33(44)39-12-10-38(11-13-39)25-7-2-1-3-8-25/h1-9,15-19,41H,10-14,20H2/b29-18-. The van der Waals surface area contributed by atoms with Crippen molar-refractivity contribution in [2.24, 2.45) is 0 Å². The molecule has 0 bridgehead atoms. The Bertz CT molecular complexity index is 1800. The summed E-state index contributed by atoms with van der Waals surface area (Å²) in [5.74, 6) is -7.12. The molecule has 0 unspecified atom stereocenters. The minimum Gasteiger partial charge on any atom is -0.507 e. The van der Waals surface area contributed by atoms with E-state index in [4.69, 9.17) is 0 Å². The highest BCUT2D eigenvalue weighted by Gasteiger charge is 2.26. The molecule has 1 fully saturated rings. The van der Waals surface area contributed by atoms with Crippen LogP contribution in [0.5, 0.6) is 0 Å². The van der Waals surface area contributed by atoms with Gasteiger partial charge in [0.2, 0.25) is 5.78 Å². The van der Waals surface area contributed by atoms with Gasteiger partial charge in [0.05, 0.1) is 12.1 Å². The van der Waals surface area contributed by atoms with E-state index in [9.17, 15) is 37.1 Å². The fourth-order valence-electron chi connectivity index (χ4n) is 5.09. The van der Waals surface area contributed by atoms with Gasteiger partial charge in [0.15, 0.2) is 11.6 Å². The Hall–Kier alpha value is -5.19. The highest BCUT2D eigenvalue weighted by atomic mass is 19.2. The minimum absolute atomic E-state index is 0.116. The summed E-state index contributed by atoms with van der Waals surface area (Å²) >= 11 is 0. The number of hydrogen-bond acceptors (Lipinski definition) is 5. The number of carbonyl (C=O) groups is 2. The van der Waals surface area contributed by atoms with Crippen LogP contribution in [-0.2, 0) is 22.6 Å². The van der Waals surface area contributed by atoms with Crippen LogP contribution in [0.2, 0.25) is 0 Å². The molecule has 2 heterocycles. The van der Waals surface area contributed by atoms with Gasteiger partial charge in [-0.15, -0.1) is 0 Å². The number of carbonyl (C=O) groups excluding carboxylic acids is 2. The first-order valence-electron chi connectivity index (χ1n) is 13.7. The van der Waals surface area contributed by atoms with Gasteiger partial charge < -0.3 is 19.5 Å². The predicted octanol–water partition coefficient (Wildman–Crippen LogP) is 4.86. The molecule has 1 amide bonds. The van der Waals surface area contributed by atoms with E-state index in [1.807, 2.05) is 30.3 Å². The number of nitrogens with zero attached hydrogens (tertiary/aromatic N) is 3. The number of aliphatic hydroxyl groups excluding tert-OH is 1. The van der Waals surface area contributed by atoms with Crippen LogP contribution in [0, 0.1) is 23.3 Å². The van der Waals surface area contributed by atoms with Gasteiger partial charge >= 0.3 is 0 Å². The summed E-state index contributed by atoms with van der Waals surface area (Å²) in [6.07, 6.45) is 1.46. The Kier molecular flexibility index (Phi) is 8.94. The van der Waals surface area contributed by atoms with Crippen molar-refractivity contribution >= 4 is 23.1 Å². The fraction of sp³-hybridized carbons (Fsp3) is 0.182. The molecular formula is C33H27F4N3O4. The average molecular weight is 606 g/mol. The average Bonchev–Trinajstić information content (AvgIpc) is 3.02. The molecule has 44 heavy (non-hydrogen) atoms. The van der Waals surface area contributed by atoms with Crippen molar-refractivity contribution in [3.8, 4) is 0 Å². The number of amides is 1. The van der Waals surface area contributed by atoms with Crippen LogP contribution in [0.1, 0.15) is 22.3 Å². The van der Waals surface area contributed by atoms with Crippen LogP contribution in [0.25, 0.3) is 5.76 Å². The molecule has 226 valence electrons. The van der Waals surface area contributed by atoms with E-state index in [0.29, 0.717) is 25.2 Å². The molecule has 1 aromatic heterocycles. The maximum Gasteiger partial charge on any atom is 0.294 e. The summed E-state index contributed by atoms with van der Waals surface area (Å²) in [4.78, 5) is 42.6. The summed E-state index contributed by atoms with van der Waals surface area (Å²) in [6, 6.07) is 17.5. The van der Waals surface area contributed by atoms with Crippen LogP contribution in [0.4, 0.5) is 23.2 Å². The molecule has 0 aliphatic carbocycles. The molecule has 1 N–H and O–H groups in total. The molecule has 0 radical (unpaired) electrons. The highest BCUT2D eigenvalue weighted by molar-refractivity contribution is 6.41. The number of pyridine rings is 1. The molecule has 0 spiro atoms. The van der Waals surface area contributed by atoms with Crippen molar-refractivity contribution in [2.45, 2.75) is 13.0 Å². The van der Waals surface area contributed by atoms with Gasteiger partial charge in [-0.05, 0) is 41.5 Å². The number of halogens is 4. The number of benzene rings is 3. The Balaban J connectivity index is 1.42. The van der Waals surface area contributed by atoms with Crippen molar-refractivity contribution in [1.29, 1.82) is 0 Å². The quantitative estimate of drug-likeness (QED) is 0.102. The van der Waals surface area contributed by atoms with Crippen LogP contribution < -0.4 is 10.5 Å². The van der Waals surface area contributed by atoms with Gasteiger partial charge in [0.1, 0.15) is 17.4 Å². The smallest absolute Gasteiger partial charge is 0.294 e. The summed E-state index contributed by atoms with van der Waals surface area (Å²) in [6.45, 7) is 1.18. The Morgan fingerprint density at radius 3 is 2.20 bits per heavy atom. The number of para-hydroxylation sites is 1. The lowest BCUT2D eigenvalue weighted by Crippen LogP contribution is -2.50. The van der Waals surface area contributed by atoms with Crippen LogP contribution in [0.15, 0.2) is 89.9 Å². The zero-order chi connectivity index (χ0) is 31.4. The van der Waals surface area contributed by atoms with Crippen LogP contribution in [0.3, 0.4) is 0 Å². The molecular weight excluding hydrogens is 578 g/mol. The minimum atomic E-state index is -1.41. The maximum atomic E-state index is 14.5. The summed E-state index contributed by atoms with van der Waals surface area (Å²) in [5.41, 5.74) is -0.426. The Morgan fingerprint density at radius 1 is 0.818 bits per heavy atom. The van der Waals surface area contributed by atoms with E-state index in [-0.39, 0.29) is 36.3 Å². The first kappa shape index (κ1) is 30.3. The number of piperazine rings is 1. The lowest BCUT2D eigenvalue weighted by atomic mass is 10.0. The molecule has 7 nitrogen and oxygen atoms in total. The normalized spacial score (nSPS) is 13.7. The van der Waals surface area contributed by atoms with Crippen molar-refractivity contribution in [3.05, 3.63) is 141 Å². The number of aromatic nitrogens is 1. The van der Waals surface area contributed by atoms with E-state index in [1.54, 1.807) is 6.07 Å². The lowest BCUT2D eigenvalue weighted by molar-refractivity contribution is -0.142. The molecule has 3 aromatic carbocycles. The fourth-order valence-corrected chi connectivity index (χ4v) is 5.09. The third kappa shape index (κ3) is 6.72. The SMILES string of the molecule is O=C(/C=C(\O)c1cc(Cc2cc(F)cc(F)c2F)cn(Cc2ccccc2F)c1=O)C(=O)N1CCN(c2ccccc2)CC1. The topological polar surface area (TPSA) is 82.8 Å². The van der Waals surface area contributed by atoms with E-state index in [0.717, 1.165) is 22.4 Å². The third-order valence-electron chi connectivity index (χ3n) is 7.35. The second-order valence-corrected chi connectivity index (χ2v) is 10.3. The first-order valence-corrected chi connectivity index (χ1v) is 13.7. The van der Waals surface area contributed by atoms with Gasteiger partial charge in [0, 0.05) is 62.2 Å². The Labute approximate surface area is 249 Å². The van der Waals surface area contributed by atoms with Gasteiger partial charge in [-0.3, -0.25) is 14.4 Å². The van der Waals surface area contributed by atoms with Crippen molar-refractivity contribution in [2.75, 3.05) is 31.1 Å². The maximum absolute atomic E-state index is 14.5. The number of aliphatic hydroxyl groups is 1. The molecule has 5 rings (SSSR count). The van der Waals surface area contributed by atoms with E-state index in [2.05, 4.69) is 4.90 Å². The van der Waals surface area contributed by atoms with E-state index >= 15 is 0 Å². The van der Waals surface area contributed by atoms with Crippen LogP contribution >= 0.6 is 0 Å². The van der Waals surface area contributed by atoms with E-state index < -0.39 is 58.3 Å². The van der Waals surface area contributed by atoms with E-state index in [1.165, 1.54) is 29.3 Å². The molecule has 1 aliphatic rings. The number of ketones is 1. The lowest BCUT2D eigenvalue weighted by Gasteiger charge is -2.35. The monoisotopic (exact) mass is 605 g/mol. The summed E-state index contributed by atoms with van der Waals surface area (Å²) < 4.78 is 57.6. The van der Waals surface area contributed by atoms with Gasteiger partial charge in [-0.1, -0.05) is 36.4 Å². The third-order valence-corrected chi connectivity index (χ3v) is 7.35. The van der Waals surface area contributed by atoms with Gasteiger partial charge in [-0.25, -0.2) is 17.6 Å². The zero-order valence-corrected chi connectivity index (χ0v) is 23.4. The van der Waals surface area contributed by atoms with Crippen molar-refractivity contribution in [3.63, 3.8) is 0 Å². The van der Waals surface area contributed by atoms with Gasteiger partial charge in [0.25, 0.3) is 11.5 Å².